The number of rotatable bonds is 8. The molecule has 0 N–H and O–H groups in total. The van der Waals surface area contributed by atoms with Crippen LogP contribution in [-0.2, 0) is 30.3 Å². The lowest BCUT2D eigenvalue weighted by Gasteiger charge is -2.48. The number of carbonyl (C=O) groups is 1. The van der Waals surface area contributed by atoms with E-state index in [2.05, 4.69) is 32.9 Å². The van der Waals surface area contributed by atoms with E-state index in [1.807, 2.05) is 52.8 Å². The van der Waals surface area contributed by atoms with Crippen LogP contribution < -0.4 is 0 Å². The van der Waals surface area contributed by atoms with E-state index in [0.29, 0.717) is 19.8 Å². The second kappa shape index (κ2) is 10.3. The Kier molecular flexibility index (Phi) is 8.49. The zero-order valence-electron chi connectivity index (χ0n) is 19.9. The molecule has 30 heavy (non-hydrogen) atoms. The fourth-order valence-corrected chi connectivity index (χ4v) is 3.90. The Bertz CT molecular complexity index is 664. The highest BCUT2D eigenvalue weighted by atomic mass is 16.7. The Morgan fingerprint density at radius 2 is 1.57 bits per heavy atom. The maximum atomic E-state index is 12.2. The van der Waals surface area contributed by atoms with E-state index in [9.17, 15) is 4.79 Å². The summed E-state index contributed by atoms with van der Waals surface area (Å²) in [6, 6.07) is 10.2. The van der Waals surface area contributed by atoms with Crippen LogP contribution in [0, 0.1) is 23.2 Å². The molecule has 0 saturated carbocycles. The molecule has 1 aromatic rings. The molecule has 0 bridgehead atoms. The fourth-order valence-electron chi connectivity index (χ4n) is 3.90. The quantitative estimate of drug-likeness (QED) is 0.540. The molecule has 1 saturated heterocycles. The van der Waals surface area contributed by atoms with E-state index < -0.39 is 11.2 Å². The van der Waals surface area contributed by atoms with Crippen molar-refractivity contribution in [2.45, 2.75) is 80.0 Å². The van der Waals surface area contributed by atoms with Gasteiger partial charge in [0.05, 0.1) is 37.4 Å². The maximum Gasteiger partial charge on any atom is 0.311 e. The van der Waals surface area contributed by atoms with Gasteiger partial charge in [0.1, 0.15) is 0 Å². The molecule has 0 aromatic heterocycles. The highest BCUT2D eigenvalue weighted by Crippen LogP contribution is 2.38. The molecule has 0 unspecified atom stereocenters. The number of hydrogen-bond donors (Lipinski definition) is 0. The van der Waals surface area contributed by atoms with Gasteiger partial charge in [-0.3, -0.25) is 4.79 Å². The first-order valence-corrected chi connectivity index (χ1v) is 11.1. The normalized spacial score (nSPS) is 26.1. The van der Waals surface area contributed by atoms with E-state index >= 15 is 0 Å². The van der Waals surface area contributed by atoms with Crippen molar-refractivity contribution >= 4 is 5.97 Å². The van der Waals surface area contributed by atoms with E-state index in [1.165, 1.54) is 0 Å². The largest absolute Gasteiger partial charge is 0.465 e. The molecule has 0 radical (unpaired) electrons. The van der Waals surface area contributed by atoms with Gasteiger partial charge in [-0.25, -0.2) is 0 Å². The van der Waals surface area contributed by atoms with Crippen molar-refractivity contribution in [3.05, 3.63) is 35.9 Å². The summed E-state index contributed by atoms with van der Waals surface area (Å²) in [6.45, 7) is 17.4. The van der Waals surface area contributed by atoms with E-state index in [1.54, 1.807) is 0 Å². The minimum Gasteiger partial charge on any atom is -0.465 e. The number of esters is 1. The zero-order chi connectivity index (χ0) is 22.5. The minimum atomic E-state index is -0.697. The summed E-state index contributed by atoms with van der Waals surface area (Å²) < 4.78 is 24.1. The van der Waals surface area contributed by atoms with Crippen LogP contribution >= 0.6 is 0 Å². The molecule has 0 spiro atoms. The first kappa shape index (κ1) is 24.8. The Morgan fingerprint density at radius 1 is 1.03 bits per heavy atom. The lowest BCUT2D eigenvalue weighted by atomic mass is 9.83. The number of carbonyl (C=O) groups excluding carboxylic acids is 1. The highest BCUT2D eigenvalue weighted by Gasteiger charge is 2.45. The van der Waals surface area contributed by atoms with Gasteiger partial charge in [0.15, 0.2) is 5.79 Å². The van der Waals surface area contributed by atoms with Crippen molar-refractivity contribution in [2.75, 3.05) is 13.2 Å². The van der Waals surface area contributed by atoms with Gasteiger partial charge in [0.2, 0.25) is 0 Å². The van der Waals surface area contributed by atoms with Crippen LogP contribution in [0.4, 0.5) is 0 Å². The maximum absolute atomic E-state index is 12.2. The predicted octanol–water partition coefficient (Wildman–Crippen LogP) is 5.22. The molecule has 1 heterocycles. The van der Waals surface area contributed by atoms with Crippen LogP contribution in [0.25, 0.3) is 0 Å². The van der Waals surface area contributed by atoms with Crippen LogP contribution in [0.3, 0.4) is 0 Å². The average Bonchev–Trinajstić information content (AvgIpc) is 2.67. The molecule has 1 fully saturated rings. The first-order valence-electron chi connectivity index (χ1n) is 11.1. The third-order valence-electron chi connectivity index (χ3n) is 5.58. The van der Waals surface area contributed by atoms with Gasteiger partial charge in [0.25, 0.3) is 0 Å². The molecule has 1 aliphatic heterocycles. The molecule has 5 atom stereocenters. The zero-order valence-corrected chi connectivity index (χ0v) is 19.9. The molecule has 5 heteroatoms. The fraction of sp³-hybridized carbons (Fsp3) is 0.720. The standard InChI is InChI=1S/C25H40O5/c1-17(14-27-16-20-12-10-9-11-13-20)21-19(3)22(30-25(7,8)29-21)18(2)15-28-23(26)24(4,5)6/h9-13,17-19,21-22H,14-16H2,1-8H3/t17-,18+,19-,21+,22+/m0/s1. The van der Waals surface area contributed by atoms with E-state index in [-0.39, 0.29) is 35.9 Å². The minimum absolute atomic E-state index is 0.00436. The number of hydrogen-bond acceptors (Lipinski definition) is 5. The van der Waals surface area contributed by atoms with Crippen LogP contribution in [-0.4, -0.2) is 37.2 Å². The lowest BCUT2D eigenvalue weighted by Crippen LogP contribution is -2.55. The Labute approximate surface area is 182 Å². The summed E-state index contributed by atoms with van der Waals surface area (Å²) in [5, 5.41) is 0. The molecule has 1 aliphatic rings. The summed E-state index contributed by atoms with van der Waals surface area (Å²) >= 11 is 0. The predicted molar refractivity (Wildman–Crippen MR) is 118 cm³/mol. The summed E-state index contributed by atoms with van der Waals surface area (Å²) in [6.07, 6.45) is -0.0709. The number of benzene rings is 1. The molecule has 2 rings (SSSR count). The van der Waals surface area contributed by atoms with Crippen molar-refractivity contribution in [3.8, 4) is 0 Å². The molecule has 170 valence electrons. The topological polar surface area (TPSA) is 54.0 Å². The molecular formula is C25H40O5. The third-order valence-corrected chi connectivity index (χ3v) is 5.58. The highest BCUT2D eigenvalue weighted by molar-refractivity contribution is 5.75. The van der Waals surface area contributed by atoms with Crippen molar-refractivity contribution in [1.82, 2.24) is 0 Å². The average molecular weight is 421 g/mol. The first-order chi connectivity index (χ1) is 13.9. The lowest BCUT2D eigenvalue weighted by molar-refractivity contribution is -0.337. The molecule has 5 nitrogen and oxygen atoms in total. The third kappa shape index (κ3) is 7.07. The van der Waals surface area contributed by atoms with E-state index in [0.717, 1.165) is 5.56 Å². The van der Waals surface area contributed by atoms with Crippen molar-refractivity contribution in [3.63, 3.8) is 0 Å². The van der Waals surface area contributed by atoms with Gasteiger partial charge in [-0.15, -0.1) is 0 Å². The van der Waals surface area contributed by atoms with Crippen molar-refractivity contribution in [1.29, 1.82) is 0 Å². The van der Waals surface area contributed by atoms with Gasteiger partial charge < -0.3 is 18.9 Å². The van der Waals surface area contributed by atoms with Gasteiger partial charge in [-0.05, 0) is 40.2 Å². The smallest absolute Gasteiger partial charge is 0.311 e. The second-order valence-corrected chi connectivity index (χ2v) is 10.2. The summed E-state index contributed by atoms with van der Waals surface area (Å²) in [5.41, 5.74) is 0.659. The Balaban J connectivity index is 1.96. The molecule has 0 aliphatic carbocycles. The second-order valence-electron chi connectivity index (χ2n) is 10.2. The monoisotopic (exact) mass is 420 g/mol. The van der Waals surface area contributed by atoms with Crippen LogP contribution in [0.15, 0.2) is 30.3 Å². The molecular weight excluding hydrogens is 380 g/mol. The van der Waals surface area contributed by atoms with Gasteiger partial charge >= 0.3 is 5.97 Å². The summed E-state index contributed by atoms with van der Waals surface area (Å²) in [4.78, 5) is 12.2. The van der Waals surface area contributed by atoms with Crippen LogP contribution in [0.1, 0.15) is 61.0 Å². The van der Waals surface area contributed by atoms with Gasteiger partial charge in [-0.2, -0.15) is 0 Å². The Morgan fingerprint density at radius 3 is 2.10 bits per heavy atom. The summed E-state index contributed by atoms with van der Waals surface area (Å²) in [7, 11) is 0. The molecule has 1 aromatic carbocycles. The van der Waals surface area contributed by atoms with Gasteiger partial charge in [-0.1, -0.05) is 51.1 Å². The van der Waals surface area contributed by atoms with Crippen molar-refractivity contribution < 1.29 is 23.7 Å². The van der Waals surface area contributed by atoms with Crippen molar-refractivity contribution in [2.24, 2.45) is 23.2 Å². The van der Waals surface area contributed by atoms with E-state index in [4.69, 9.17) is 18.9 Å². The Hall–Kier alpha value is -1.43. The SMILES string of the molecule is C[C@@H]1[C@@H]([C@H](C)COC(=O)C(C)(C)C)OC(C)(C)O[C@@H]1[C@@H](C)COCc1ccccc1. The van der Waals surface area contributed by atoms with Crippen LogP contribution in [0.5, 0.6) is 0 Å². The molecule has 0 amide bonds. The van der Waals surface area contributed by atoms with Crippen LogP contribution in [0.2, 0.25) is 0 Å². The summed E-state index contributed by atoms with van der Waals surface area (Å²) in [5.74, 6) is -0.463. The van der Waals surface area contributed by atoms with Gasteiger partial charge in [0, 0.05) is 17.8 Å². The number of ether oxygens (including phenoxy) is 4.